The first-order chi connectivity index (χ1) is 9.20. The molecule has 1 rings (SSSR count). The molecule has 20 heavy (non-hydrogen) atoms. The summed E-state index contributed by atoms with van der Waals surface area (Å²) in [6, 6.07) is 3.10. The number of halogens is 1. The van der Waals surface area contributed by atoms with Gasteiger partial charge in [-0.15, -0.1) is 9.24 Å². The summed E-state index contributed by atoms with van der Waals surface area (Å²) in [6.45, 7) is 7.62. The summed E-state index contributed by atoms with van der Waals surface area (Å²) in [4.78, 5) is 13.8. The lowest BCUT2D eigenvalue weighted by Gasteiger charge is -2.23. The van der Waals surface area contributed by atoms with Crippen LogP contribution >= 0.6 is 9.24 Å². The summed E-state index contributed by atoms with van der Waals surface area (Å²) in [7, 11) is 2.68. The molecule has 0 radical (unpaired) electrons. The van der Waals surface area contributed by atoms with Crippen LogP contribution < -0.4 is 5.32 Å². The van der Waals surface area contributed by atoms with E-state index in [-0.39, 0.29) is 17.0 Å². The van der Waals surface area contributed by atoms with Crippen molar-refractivity contribution >= 4 is 15.3 Å². The van der Waals surface area contributed by atoms with Gasteiger partial charge in [-0.3, -0.25) is 4.98 Å². The lowest BCUT2D eigenvalue weighted by molar-refractivity contribution is 0.191. The van der Waals surface area contributed by atoms with Gasteiger partial charge in [0.2, 0.25) is 0 Å². The van der Waals surface area contributed by atoms with Gasteiger partial charge in [0.15, 0.2) is 0 Å². The molecule has 2 N–H and O–H groups in total. The lowest BCUT2D eigenvalue weighted by atomic mass is 10.00. The molecule has 114 valence electrons. The van der Waals surface area contributed by atoms with E-state index in [0.29, 0.717) is 5.69 Å². The quantitative estimate of drug-likeness (QED) is 0.832. The zero-order chi connectivity index (χ0) is 15.8. The number of carbonyl (C=O) groups is 1. The van der Waals surface area contributed by atoms with Crippen LogP contribution in [-0.4, -0.2) is 22.2 Å². The second-order valence-corrected chi connectivity index (χ2v) is 6.38. The Morgan fingerprint density at radius 3 is 2.55 bits per heavy atom. The van der Waals surface area contributed by atoms with E-state index in [1.165, 1.54) is 6.07 Å². The molecule has 2 unspecified atom stereocenters. The maximum Gasteiger partial charge on any atom is 0.404 e. The average Bonchev–Trinajstić information content (AvgIpc) is 2.27. The molecule has 0 fully saturated rings. The third-order valence-electron chi connectivity index (χ3n) is 2.48. The van der Waals surface area contributed by atoms with Gasteiger partial charge in [0.05, 0.1) is 5.69 Å². The smallest absolute Gasteiger partial charge is 0.404 e. The van der Waals surface area contributed by atoms with E-state index in [1.807, 2.05) is 6.92 Å². The second-order valence-electron chi connectivity index (χ2n) is 5.11. The number of carboxylic acid groups (broad SMARTS) is 1. The number of amides is 1. The minimum Gasteiger partial charge on any atom is -0.465 e. The van der Waals surface area contributed by atoms with Gasteiger partial charge < -0.3 is 10.4 Å². The van der Waals surface area contributed by atoms with E-state index in [0.717, 1.165) is 12.8 Å². The van der Waals surface area contributed by atoms with E-state index >= 15 is 0 Å². The number of nitrogens with one attached hydrogen (secondary N) is 1. The van der Waals surface area contributed by atoms with Crippen LogP contribution in [0.4, 0.5) is 9.18 Å². The van der Waals surface area contributed by atoms with Crippen molar-refractivity contribution in [3.8, 4) is 0 Å². The normalized spacial score (nSPS) is 13.2. The topological polar surface area (TPSA) is 62.2 Å². The summed E-state index contributed by atoms with van der Waals surface area (Å²) >= 11 is 0. The monoisotopic (exact) mass is 302 g/mol. The molecule has 6 heteroatoms. The van der Waals surface area contributed by atoms with Crippen LogP contribution in [0.3, 0.4) is 0 Å². The van der Waals surface area contributed by atoms with Gasteiger partial charge in [-0.25, -0.2) is 9.18 Å². The summed E-state index contributed by atoms with van der Waals surface area (Å²) < 4.78 is 13.3. The van der Waals surface area contributed by atoms with Gasteiger partial charge in [0, 0.05) is 17.4 Å². The molecular formula is C14H24FN2O2P. The zero-order valence-corrected chi connectivity index (χ0v) is 13.6. The van der Waals surface area contributed by atoms with Crippen LogP contribution in [0.1, 0.15) is 46.2 Å². The highest BCUT2D eigenvalue weighted by atomic mass is 31.0. The fourth-order valence-corrected chi connectivity index (χ4v) is 2.19. The Bertz CT molecular complexity index is 425. The first-order valence-corrected chi connectivity index (χ1v) is 7.17. The number of aromatic nitrogens is 1. The molecule has 0 bridgehead atoms. The predicted molar refractivity (Wildman–Crippen MR) is 82.5 cm³/mol. The number of rotatable bonds is 4. The van der Waals surface area contributed by atoms with Gasteiger partial charge in [0.25, 0.3) is 0 Å². The van der Waals surface area contributed by atoms with Crippen LogP contribution in [-0.2, 0) is 5.16 Å². The molecule has 1 aromatic heterocycles. The summed E-state index contributed by atoms with van der Waals surface area (Å²) in [5.41, 5.74) is 0.543. The summed E-state index contributed by atoms with van der Waals surface area (Å²) in [5, 5.41) is 9.96. The molecule has 0 aromatic carbocycles. The third kappa shape index (κ3) is 7.39. The molecule has 0 saturated carbocycles. The van der Waals surface area contributed by atoms with E-state index in [1.54, 1.807) is 26.1 Å². The van der Waals surface area contributed by atoms with Gasteiger partial charge in [0.1, 0.15) is 5.82 Å². The van der Waals surface area contributed by atoms with Gasteiger partial charge >= 0.3 is 6.09 Å². The minimum atomic E-state index is -0.963. The average molecular weight is 302 g/mol. The first-order valence-electron chi connectivity index (χ1n) is 6.60. The Hall–Kier alpha value is -1.22. The molecule has 0 aliphatic carbocycles. The number of hydrogen-bond donors (Lipinski definition) is 2. The molecule has 2 atom stereocenters. The highest BCUT2D eigenvalue weighted by molar-refractivity contribution is 7.18. The largest absolute Gasteiger partial charge is 0.465 e. The Labute approximate surface area is 122 Å². The maximum absolute atomic E-state index is 13.3. The van der Waals surface area contributed by atoms with Crippen LogP contribution in [0, 0.1) is 5.82 Å². The Balaban J connectivity index is 0.000000441. The number of hydrogen-bond acceptors (Lipinski definition) is 2. The maximum atomic E-state index is 13.3. The lowest BCUT2D eigenvalue weighted by Crippen LogP contribution is -2.27. The van der Waals surface area contributed by atoms with Crippen molar-refractivity contribution in [2.75, 3.05) is 0 Å². The van der Waals surface area contributed by atoms with Crippen LogP contribution in [0.25, 0.3) is 0 Å². The molecule has 0 aliphatic heterocycles. The first kappa shape index (κ1) is 18.8. The van der Waals surface area contributed by atoms with Crippen molar-refractivity contribution in [1.29, 1.82) is 0 Å². The zero-order valence-electron chi connectivity index (χ0n) is 12.5. The van der Waals surface area contributed by atoms with Crippen molar-refractivity contribution in [1.82, 2.24) is 10.3 Å². The molecule has 0 spiro atoms. The predicted octanol–water partition coefficient (Wildman–Crippen LogP) is 3.77. The number of pyridine rings is 1. The van der Waals surface area contributed by atoms with Gasteiger partial charge in [-0.1, -0.05) is 20.3 Å². The second kappa shape index (κ2) is 8.85. The fourth-order valence-electron chi connectivity index (χ4n) is 1.69. The van der Waals surface area contributed by atoms with Crippen molar-refractivity contribution < 1.29 is 14.3 Å². The minimum absolute atomic E-state index is 0.0255. The van der Waals surface area contributed by atoms with E-state index in [2.05, 4.69) is 26.5 Å². The SMILES string of the molecule is CC(C)NC(=O)O.CCCC(C)(P)c1ncccc1F. The molecule has 0 saturated heterocycles. The van der Waals surface area contributed by atoms with E-state index < -0.39 is 6.09 Å². The number of nitrogens with zero attached hydrogens (tertiary/aromatic N) is 1. The van der Waals surface area contributed by atoms with Gasteiger partial charge in [-0.2, -0.15) is 0 Å². The standard InChI is InChI=1S/C10H15FNP.C4H9NO2/c1-3-6-10(2,13)9-8(11)5-4-7-12-9;1-3(2)5-4(6)7/h4-5,7H,3,6,13H2,1-2H3;3,5H,1-2H3,(H,6,7). The van der Waals surface area contributed by atoms with Crippen molar-refractivity contribution in [2.45, 2.75) is 51.7 Å². The summed E-state index contributed by atoms with van der Waals surface area (Å²) in [5.74, 6) is -0.214. The van der Waals surface area contributed by atoms with Crippen molar-refractivity contribution in [3.63, 3.8) is 0 Å². The highest BCUT2D eigenvalue weighted by Gasteiger charge is 2.24. The van der Waals surface area contributed by atoms with Crippen molar-refractivity contribution in [3.05, 3.63) is 29.8 Å². The highest BCUT2D eigenvalue weighted by Crippen LogP contribution is 2.35. The molecule has 0 aliphatic rings. The Kier molecular flexibility index (Phi) is 8.31. The van der Waals surface area contributed by atoms with Gasteiger partial charge in [-0.05, 0) is 32.4 Å². The van der Waals surface area contributed by atoms with Crippen LogP contribution in [0.15, 0.2) is 18.3 Å². The molecule has 1 amide bonds. The van der Waals surface area contributed by atoms with E-state index in [9.17, 15) is 9.18 Å². The molecular weight excluding hydrogens is 278 g/mol. The summed E-state index contributed by atoms with van der Waals surface area (Å²) in [6.07, 6.45) is 2.62. The van der Waals surface area contributed by atoms with E-state index in [4.69, 9.17) is 5.11 Å². The molecule has 1 heterocycles. The van der Waals surface area contributed by atoms with Crippen LogP contribution in [0.5, 0.6) is 0 Å². The Morgan fingerprint density at radius 2 is 2.20 bits per heavy atom. The Morgan fingerprint density at radius 1 is 1.60 bits per heavy atom. The molecule has 1 aromatic rings. The third-order valence-corrected chi connectivity index (χ3v) is 3.04. The van der Waals surface area contributed by atoms with Crippen LogP contribution in [0.2, 0.25) is 0 Å². The van der Waals surface area contributed by atoms with Crippen molar-refractivity contribution in [2.24, 2.45) is 0 Å². The fraction of sp³-hybridized carbons (Fsp3) is 0.571. The molecule has 4 nitrogen and oxygen atoms in total.